The Kier molecular flexibility index (Phi) is 2.83. The van der Waals surface area contributed by atoms with Crippen LogP contribution in [0.3, 0.4) is 0 Å². The molecule has 0 saturated heterocycles. The van der Waals surface area contributed by atoms with Gasteiger partial charge in [-0.3, -0.25) is 0 Å². The minimum absolute atomic E-state index is 0.647. The van der Waals surface area contributed by atoms with Crippen LogP contribution in [-0.2, 0) is 13.0 Å². The molecule has 0 amide bonds. The lowest BCUT2D eigenvalue weighted by molar-refractivity contribution is 0.312. The molecule has 82 valence electrons. The van der Waals surface area contributed by atoms with E-state index in [0.717, 1.165) is 6.54 Å². The minimum Gasteiger partial charge on any atom is -0.302 e. The van der Waals surface area contributed by atoms with Crippen LogP contribution in [-0.4, -0.2) is 18.5 Å². The number of rotatable bonds is 1. The summed E-state index contributed by atoms with van der Waals surface area (Å²) in [5.41, 5.74) is 6.11. The van der Waals surface area contributed by atoms with E-state index in [-0.39, 0.29) is 0 Å². The Morgan fingerprint density at radius 3 is 2.67 bits per heavy atom. The van der Waals surface area contributed by atoms with E-state index in [9.17, 15) is 0 Å². The maximum Gasteiger partial charge on any atom is 0.0236 e. The van der Waals surface area contributed by atoms with Gasteiger partial charge in [0.15, 0.2) is 0 Å². The lowest BCUT2D eigenvalue weighted by Gasteiger charge is -2.27. The summed E-state index contributed by atoms with van der Waals surface area (Å²) < 4.78 is 0. The second kappa shape index (κ2) is 3.97. The van der Waals surface area contributed by atoms with Gasteiger partial charge in [0.1, 0.15) is 0 Å². The number of hydrogen-bond donors (Lipinski definition) is 0. The van der Waals surface area contributed by atoms with Crippen molar-refractivity contribution in [1.82, 2.24) is 4.90 Å². The van der Waals surface area contributed by atoms with Gasteiger partial charge in [0.05, 0.1) is 0 Å². The van der Waals surface area contributed by atoms with Crippen LogP contribution >= 0.6 is 0 Å². The van der Waals surface area contributed by atoms with Crippen LogP contribution in [0.4, 0.5) is 0 Å². The van der Waals surface area contributed by atoms with Crippen molar-refractivity contribution in [2.45, 2.75) is 39.7 Å². The van der Waals surface area contributed by atoms with Gasteiger partial charge in [-0.25, -0.2) is 0 Å². The van der Waals surface area contributed by atoms with Crippen molar-refractivity contribution >= 4 is 0 Å². The van der Waals surface area contributed by atoms with E-state index in [2.05, 4.69) is 44.9 Å². The molecular formula is C14H21N. The summed E-state index contributed by atoms with van der Waals surface area (Å²) in [6.07, 6.45) is 1.22. The van der Waals surface area contributed by atoms with Gasteiger partial charge in [0, 0.05) is 13.1 Å². The molecule has 1 aromatic carbocycles. The lowest BCUT2D eigenvalue weighted by Crippen LogP contribution is -2.27. The van der Waals surface area contributed by atoms with E-state index in [0.29, 0.717) is 5.92 Å². The molecule has 0 aromatic heterocycles. The molecule has 1 aliphatic rings. The zero-order valence-corrected chi connectivity index (χ0v) is 10.3. The molecule has 0 saturated carbocycles. The van der Waals surface area contributed by atoms with Crippen molar-refractivity contribution in [3.63, 3.8) is 0 Å². The van der Waals surface area contributed by atoms with E-state index in [1.807, 2.05) is 0 Å². The van der Waals surface area contributed by atoms with Gasteiger partial charge in [0.25, 0.3) is 0 Å². The number of hydrogen-bond acceptors (Lipinski definition) is 1. The summed E-state index contributed by atoms with van der Waals surface area (Å²) in [5.74, 6) is 0.647. The van der Waals surface area contributed by atoms with Gasteiger partial charge >= 0.3 is 0 Å². The van der Waals surface area contributed by atoms with Crippen molar-refractivity contribution in [2.24, 2.45) is 0 Å². The Hall–Kier alpha value is -0.820. The van der Waals surface area contributed by atoms with Crippen molar-refractivity contribution in [1.29, 1.82) is 0 Å². The van der Waals surface area contributed by atoms with Crippen molar-refractivity contribution in [3.05, 3.63) is 34.4 Å². The maximum atomic E-state index is 2.42. The second-order valence-electron chi connectivity index (χ2n) is 5.12. The average molecular weight is 203 g/mol. The first kappa shape index (κ1) is 10.7. The number of nitrogens with zero attached hydrogens (tertiary/aromatic N) is 1. The zero-order valence-electron chi connectivity index (χ0n) is 10.3. The Bertz CT molecular complexity index is 366. The first-order valence-corrected chi connectivity index (χ1v) is 5.88. The van der Waals surface area contributed by atoms with Gasteiger partial charge in [-0.1, -0.05) is 26.0 Å². The third-order valence-electron chi connectivity index (χ3n) is 3.45. The highest BCUT2D eigenvalue weighted by Crippen LogP contribution is 2.26. The molecule has 1 aromatic rings. The van der Waals surface area contributed by atoms with Crippen LogP contribution in [0.15, 0.2) is 12.1 Å². The molecule has 0 N–H and O–H groups in total. The lowest BCUT2D eigenvalue weighted by atomic mass is 9.90. The Labute approximate surface area is 93.1 Å². The van der Waals surface area contributed by atoms with Gasteiger partial charge < -0.3 is 4.90 Å². The molecule has 1 nitrogen and oxygen atoms in total. The zero-order chi connectivity index (χ0) is 11.0. The molecule has 2 rings (SSSR count). The number of fused-ring (bicyclic) bond motifs is 1. The first-order chi connectivity index (χ1) is 7.08. The minimum atomic E-state index is 0.647. The molecule has 0 radical (unpaired) electrons. The van der Waals surface area contributed by atoms with E-state index >= 15 is 0 Å². The molecule has 0 fully saturated rings. The highest BCUT2D eigenvalue weighted by Gasteiger charge is 2.16. The Balaban J connectivity index is 2.43. The molecule has 0 unspecified atom stereocenters. The van der Waals surface area contributed by atoms with Crippen LogP contribution in [0.1, 0.15) is 42.0 Å². The summed E-state index contributed by atoms with van der Waals surface area (Å²) in [7, 11) is 2.21. The normalized spacial score (nSPS) is 16.9. The summed E-state index contributed by atoms with van der Waals surface area (Å²) in [6, 6.07) is 4.78. The number of likely N-dealkylation sites (N-methyl/N-ethyl adjacent to an activating group) is 1. The molecule has 1 heterocycles. The van der Waals surface area contributed by atoms with Crippen LogP contribution in [0.25, 0.3) is 0 Å². The molecule has 15 heavy (non-hydrogen) atoms. The van der Waals surface area contributed by atoms with Gasteiger partial charge in [-0.05, 0) is 48.6 Å². The van der Waals surface area contributed by atoms with Gasteiger partial charge in [-0.2, -0.15) is 0 Å². The van der Waals surface area contributed by atoms with Crippen LogP contribution < -0.4 is 0 Å². The molecule has 1 aliphatic heterocycles. The predicted molar refractivity (Wildman–Crippen MR) is 65.3 cm³/mol. The van der Waals surface area contributed by atoms with Crippen molar-refractivity contribution in [2.75, 3.05) is 13.6 Å². The molecule has 0 aliphatic carbocycles. The summed E-state index contributed by atoms with van der Waals surface area (Å²) in [5, 5.41) is 0. The number of benzene rings is 1. The summed E-state index contributed by atoms with van der Waals surface area (Å²) in [6.45, 7) is 9.13. The van der Waals surface area contributed by atoms with Gasteiger partial charge in [-0.15, -0.1) is 0 Å². The third kappa shape index (κ3) is 2.07. The topological polar surface area (TPSA) is 3.24 Å². The number of aryl methyl sites for hydroxylation is 1. The fourth-order valence-electron chi connectivity index (χ4n) is 2.36. The van der Waals surface area contributed by atoms with Crippen molar-refractivity contribution in [3.8, 4) is 0 Å². The van der Waals surface area contributed by atoms with E-state index in [4.69, 9.17) is 0 Å². The Morgan fingerprint density at radius 2 is 2.00 bits per heavy atom. The van der Waals surface area contributed by atoms with Crippen molar-refractivity contribution < 1.29 is 0 Å². The maximum absolute atomic E-state index is 2.42. The molecule has 0 spiro atoms. The predicted octanol–water partition coefficient (Wildman–Crippen LogP) is 3.11. The molecule has 0 atom stereocenters. The fraction of sp³-hybridized carbons (Fsp3) is 0.571. The third-order valence-corrected chi connectivity index (χ3v) is 3.45. The Morgan fingerprint density at radius 1 is 1.27 bits per heavy atom. The fourth-order valence-corrected chi connectivity index (χ4v) is 2.36. The first-order valence-electron chi connectivity index (χ1n) is 5.88. The van der Waals surface area contributed by atoms with Gasteiger partial charge in [0.2, 0.25) is 0 Å². The van der Waals surface area contributed by atoms with E-state index < -0.39 is 0 Å². The van der Waals surface area contributed by atoms with E-state index in [1.165, 1.54) is 24.1 Å². The highest BCUT2D eigenvalue weighted by atomic mass is 15.1. The standard InChI is InChI=1S/C14H21N/c1-10(2)13-7-11(3)14-9-15(4)6-5-12(14)8-13/h7-8,10H,5-6,9H2,1-4H3. The smallest absolute Gasteiger partial charge is 0.0236 e. The van der Waals surface area contributed by atoms with Crippen LogP contribution in [0, 0.1) is 6.92 Å². The SMILES string of the molecule is Cc1cc(C(C)C)cc2c1CN(C)CC2. The molecular weight excluding hydrogens is 182 g/mol. The highest BCUT2D eigenvalue weighted by molar-refractivity contribution is 5.41. The summed E-state index contributed by atoms with van der Waals surface area (Å²) >= 11 is 0. The van der Waals surface area contributed by atoms with Crippen LogP contribution in [0.2, 0.25) is 0 Å². The quantitative estimate of drug-likeness (QED) is 0.678. The molecule has 0 bridgehead atoms. The van der Waals surface area contributed by atoms with E-state index in [1.54, 1.807) is 11.1 Å². The average Bonchev–Trinajstić information content (AvgIpc) is 2.18. The second-order valence-corrected chi connectivity index (χ2v) is 5.12. The monoisotopic (exact) mass is 203 g/mol. The summed E-state index contributed by atoms with van der Waals surface area (Å²) in [4.78, 5) is 2.41. The molecule has 1 heteroatoms. The largest absolute Gasteiger partial charge is 0.302 e. The van der Waals surface area contributed by atoms with Crippen LogP contribution in [0.5, 0.6) is 0 Å².